The minimum absolute atomic E-state index is 0.0938. The van der Waals surface area contributed by atoms with Crippen LogP contribution in [0.15, 0.2) is 54.1 Å². The second kappa shape index (κ2) is 11.6. The van der Waals surface area contributed by atoms with Crippen LogP contribution in [0, 0.1) is 27.7 Å². The molecule has 9 nitrogen and oxygen atoms in total. The topological polar surface area (TPSA) is 114 Å². The number of nitrogens with one attached hydrogen (secondary N) is 2. The number of hydrogen-bond donors (Lipinski definition) is 2. The van der Waals surface area contributed by atoms with Crippen LogP contribution in [0.3, 0.4) is 0 Å². The second-order valence-corrected chi connectivity index (χ2v) is 9.82. The fraction of sp³-hybridized carbons (Fsp3) is 0.200. The van der Waals surface area contributed by atoms with E-state index in [1.165, 1.54) is 25.3 Å². The van der Waals surface area contributed by atoms with Crippen molar-refractivity contribution in [3.8, 4) is 11.5 Å². The highest BCUT2D eigenvalue weighted by Gasteiger charge is 2.37. The fourth-order valence-electron chi connectivity index (χ4n) is 4.16. The van der Waals surface area contributed by atoms with Gasteiger partial charge in [-0.2, -0.15) is 0 Å². The molecule has 0 aromatic heterocycles. The van der Waals surface area contributed by atoms with Crippen LogP contribution in [0.2, 0.25) is 5.02 Å². The molecule has 1 fully saturated rings. The van der Waals surface area contributed by atoms with Crippen LogP contribution >= 0.6 is 11.6 Å². The largest absolute Gasteiger partial charge is 0.493 e. The number of aryl methyl sites for hydroxylation is 4. The second-order valence-electron chi connectivity index (χ2n) is 9.42. The number of nitrogens with zero attached hydrogens (tertiary/aromatic N) is 1. The number of benzene rings is 3. The summed E-state index contributed by atoms with van der Waals surface area (Å²) in [5, 5.41) is 5.09. The van der Waals surface area contributed by atoms with Gasteiger partial charge in [0, 0.05) is 5.69 Å². The Morgan fingerprint density at radius 2 is 1.73 bits per heavy atom. The minimum Gasteiger partial charge on any atom is -0.493 e. The highest BCUT2D eigenvalue weighted by atomic mass is 35.5. The molecular formula is C30H28ClN3O6. The summed E-state index contributed by atoms with van der Waals surface area (Å²) in [4.78, 5) is 51.8. The third-order valence-corrected chi connectivity index (χ3v) is 6.70. The maximum atomic E-state index is 13.3. The lowest BCUT2D eigenvalue weighted by Gasteiger charge is -2.27. The summed E-state index contributed by atoms with van der Waals surface area (Å²) >= 11 is 6.45. The molecule has 2 N–H and O–H groups in total. The number of carbonyl (C=O) groups excluding carboxylic acids is 4. The van der Waals surface area contributed by atoms with Crippen LogP contribution in [-0.4, -0.2) is 37.5 Å². The summed E-state index contributed by atoms with van der Waals surface area (Å²) in [5.41, 5.74) is 4.96. The van der Waals surface area contributed by atoms with Crippen molar-refractivity contribution >= 4 is 52.8 Å². The number of imide groups is 2. The summed E-state index contributed by atoms with van der Waals surface area (Å²) < 4.78 is 11.1. The van der Waals surface area contributed by atoms with Gasteiger partial charge in [-0.1, -0.05) is 35.4 Å². The van der Waals surface area contributed by atoms with E-state index in [4.69, 9.17) is 21.1 Å². The van der Waals surface area contributed by atoms with Gasteiger partial charge in [0.15, 0.2) is 18.1 Å². The Labute approximate surface area is 236 Å². The molecule has 206 valence electrons. The summed E-state index contributed by atoms with van der Waals surface area (Å²) in [6, 6.07) is 12.9. The highest BCUT2D eigenvalue weighted by Crippen LogP contribution is 2.37. The van der Waals surface area contributed by atoms with E-state index in [-0.39, 0.29) is 28.7 Å². The standard InChI is InChI=1S/C30H28ClN3O6/c1-16-6-9-24(19(4)10-16)32-26(35)15-40-27-23(31)13-20(14-25(27)39-5)12-22-28(36)33-30(38)34(29(22)37)21-8-7-17(2)18(3)11-21/h6-14H,15H2,1-5H3,(H,32,35)(H,33,36,38)/b22-12-. The van der Waals surface area contributed by atoms with Crippen LogP contribution in [0.4, 0.5) is 16.2 Å². The van der Waals surface area contributed by atoms with E-state index in [2.05, 4.69) is 10.6 Å². The lowest BCUT2D eigenvalue weighted by Crippen LogP contribution is -2.54. The Kier molecular flexibility index (Phi) is 8.25. The third-order valence-electron chi connectivity index (χ3n) is 6.42. The number of methoxy groups -OCH3 is 1. The quantitative estimate of drug-likeness (QED) is 0.300. The Morgan fingerprint density at radius 1 is 0.975 bits per heavy atom. The van der Waals surface area contributed by atoms with Crippen molar-refractivity contribution in [2.24, 2.45) is 0 Å². The van der Waals surface area contributed by atoms with Gasteiger partial charge in [0.05, 0.1) is 17.8 Å². The van der Waals surface area contributed by atoms with Gasteiger partial charge >= 0.3 is 6.03 Å². The number of urea groups is 1. The molecule has 1 saturated heterocycles. The first-order valence-corrected chi connectivity index (χ1v) is 12.7. The maximum Gasteiger partial charge on any atom is 0.335 e. The van der Waals surface area contributed by atoms with Crippen LogP contribution in [-0.2, 0) is 14.4 Å². The molecule has 0 atom stereocenters. The van der Waals surface area contributed by atoms with Gasteiger partial charge in [-0.3, -0.25) is 19.7 Å². The number of ether oxygens (including phenoxy) is 2. The van der Waals surface area contributed by atoms with Crippen molar-refractivity contribution in [3.05, 3.63) is 86.9 Å². The van der Waals surface area contributed by atoms with E-state index in [9.17, 15) is 19.2 Å². The van der Waals surface area contributed by atoms with Crippen molar-refractivity contribution in [1.29, 1.82) is 0 Å². The van der Waals surface area contributed by atoms with E-state index in [1.807, 2.05) is 45.9 Å². The number of barbiturate groups is 1. The van der Waals surface area contributed by atoms with E-state index >= 15 is 0 Å². The molecule has 0 saturated carbocycles. The monoisotopic (exact) mass is 561 g/mol. The SMILES string of the molecule is COc1cc(/C=C2/C(=O)NC(=O)N(c3ccc(C)c(C)c3)C2=O)cc(Cl)c1OCC(=O)Nc1ccc(C)cc1C. The van der Waals surface area contributed by atoms with Gasteiger partial charge in [-0.15, -0.1) is 0 Å². The molecule has 0 aliphatic carbocycles. The molecule has 3 aromatic carbocycles. The molecule has 0 bridgehead atoms. The zero-order valence-electron chi connectivity index (χ0n) is 22.7. The number of amides is 5. The first kappa shape index (κ1) is 28.4. The molecule has 10 heteroatoms. The number of halogens is 1. The highest BCUT2D eigenvalue weighted by molar-refractivity contribution is 6.39. The lowest BCUT2D eigenvalue weighted by molar-refractivity contribution is -0.122. The van der Waals surface area contributed by atoms with E-state index in [1.54, 1.807) is 18.2 Å². The van der Waals surface area contributed by atoms with Crippen molar-refractivity contribution in [2.45, 2.75) is 27.7 Å². The molecule has 0 unspecified atom stereocenters. The van der Waals surface area contributed by atoms with Gasteiger partial charge in [0.2, 0.25) is 0 Å². The van der Waals surface area contributed by atoms with Crippen LogP contribution in [0.5, 0.6) is 11.5 Å². The van der Waals surface area contributed by atoms with Crippen molar-refractivity contribution in [3.63, 3.8) is 0 Å². The first-order valence-electron chi connectivity index (χ1n) is 12.3. The summed E-state index contributed by atoms with van der Waals surface area (Å²) in [7, 11) is 1.39. The molecule has 0 radical (unpaired) electrons. The molecule has 1 aliphatic rings. The molecule has 3 aromatic rings. The van der Waals surface area contributed by atoms with Gasteiger partial charge in [0.25, 0.3) is 17.7 Å². The summed E-state index contributed by atoms with van der Waals surface area (Å²) in [6.45, 7) is 7.29. The third kappa shape index (κ3) is 6.00. The summed E-state index contributed by atoms with van der Waals surface area (Å²) in [5.74, 6) is -1.71. The molecular weight excluding hydrogens is 534 g/mol. The number of hydrogen-bond acceptors (Lipinski definition) is 6. The molecule has 4 rings (SSSR count). The predicted octanol–water partition coefficient (Wildman–Crippen LogP) is 5.27. The molecule has 40 heavy (non-hydrogen) atoms. The van der Waals surface area contributed by atoms with Crippen LogP contribution in [0.1, 0.15) is 27.8 Å². The number of carbonyl (C=O) groups is 4. The van der Waals surface area contributed by atoms with E-state index in [0.717, 1.165) is 27.2 Å². The molecule has 1 aliphatic heterocycles. The van der Waals surface area contributed by atoms with E-state index in [0.29, 0.717) is 16.9 Å². The first-order chi connectivity index (χ1) is 19.0. The van der Waals surface area contributed by atoms with Gasteiger partial charge in [-0.05, 0) is 86.4 Å². The van der Waals surface area contributed by atoms with Gasteiger partial charge < -0.3 is 14.8 Å². The lowest BCUT2D eigenvalue weighted by atomic mass is 10.0. The van der Waals surface area contributed by atoms with Crippen molar-refractivity contribution in [2.75, 3.05) is 23.9 Å². The summed E-state index contributed by atoms with van der Waals surface area (Å²) in [6.07, 6.45) is 1.31. The zero-order chi connectivity index (χ0) is 29.1. The average Bonchev–Trinajstić information content (AvgIpc) is 2.89. The smallest absolute Gasteiger partial charge is 0.335 e. The minimum atomic E-state index is -0.839. The predicted molar refractivity (Wildman–Crippen MR) is 153 cm³/mol. The maximum absolute atomic E-state index is 13.3. The number of rotatable bonds is 7. The fourth-order valence-corrected chi connectivity index (χ4v) is 4.44. The molecule has 5 amide bonds. The average molecular weight is 562 g/mol. The van der Waals surface area contributed by atoms with Crippen LogP contribution in [0.25, 0.3) is 6.08 Å². The van der Waals surface area contributed by atoms with Crippen molar-refractivity contribution < 1.29 is 28.7 Å². The van der Waals surface area contributed by atoms with Gasteiger partial charge in [0.1, 0.15) is 5.57 Å². The van der Waals surface area contributed by atoms with E-state index < -0.39 is 23.8 Å². The Balaban J connectivity index is 1.56. The van der Waals surface area contributed by atoms with Crippen molar-refractivity contribution in [1.82, 2.24) is 5.32 Å². The van der Waals surface area contributed by atoms with Crippen LogP contribution < -0.4 is 25.0 Å². The van der Waals surface area contributed by atoms with Gasteiger partial charge in [-0.25, -0.2) is 9.69 Å². The Morgan fingerprint density at radius 3 is 2.40 bits per heavy atom. The zero-order valence-corrected chi connectivity index (χ0v) is 23.4. The molecule has 0 spiro atoms. The number of anilines is 2. The normalized spacial score (nSPS) is 14.3. The Hall–Kier alpha value is -4.63. The molecule has 1 heterocycles. The Bertz CT molecular complexity index is 1580.